The van der Waals surface area contributed by atoms with E-state index in [0.717, 1.165) is 42.9 Å². The standard InChI is InChI=1S/C22H27N3O4/c1-28-18-8-6-16(7-9-18)12-19-13-23-22(29-19)17-4-2-10-24(14-17)21(27)15-25-11-3-5-20(25)26/h6-9,13,17H,2-5,10-12,14-15H2,1H3. The number of oxazole rings is 1. The van der Waals surface area contributed by atoms with Crippen LogP contribution in [0.4, 0.5) is 0 Å². The molecule has 2 aliphatic rings. The Morgan fingerprint density at radius 3 is 2.79 bits per heavy atom. The van der Waals surface area contributed by atoms with Crippen LogP contribution < -0.4 is 4.74 Å². The van der Waals surface area contributed by atoms with Crippen LogP contribution in [0.1, 0.15) is 48.8 Å². The number of rotatable bonds is 6. The van der Waals surface area contributed by atoms with Gasteiger partial charge in [-0.25, -0.2) is 4.98 Å². The van der Waals surface area contributed by atoms with Gasteiger partial charge in [0.15, 0.2) is 5.89 Å². The Morgan fingerprint density at radius 1 is 1.24 bits per heavy atom. The highest BCUT2D eigenvalue weighted by Gasteiger charge is 2.30. The maximum Gasteiger partial charge on any atom is 0.242 e. The van der Waals surface area contributed by atoms with Crippen molar-refractivity contribution in [3.05, 3.63) is 47.7 Å². The first kappa shape index (κ1) is 19.5. The van der Waals surface area contributed by atoms with E-state index >= 15 is 0 Å². The molecule has 0 aliphatic carbocycles. The van der Waals surface area contributed by atoms with Crippen LogP contribution in [-0.4, -0.2) is 59.9 Å². The maximum atomic E-state index is 12.6. The highest BCUT2D eigenvalue weighted by Crippen LogP contribution is 2.27. The predicted molar refractivity (Wildman–Crippen MR) is 107 cm³/mol. The van der Waals surface area contributed by atoms with Gasteiger partial charge in [-0.15, -0.1) is 0 Å². The summed E-state index contributed by atoms with van der Waals surface area (Å²) in [5, 5.41) is 0. The molecule has 2 saturated heterocycles. The molecule has 1 unspecified atom stereocenters. The molecule has 1 aromatic carbocycles. The Kier molecular flexibility index (Phi) is 5.83. The van der Waals surface area contributed by atoms with Gasteiger partial charge in [-0.1, -0.05) is 12.1 Å². The summed E-state index contributed by atoms with van der Waals surface area (Å²) in [5.74, 6) is 2.55. The average Bonchev–Trinajstić information content (AvgIpc) is 3.38. The Morgan fingerprint density at radius 2 is 2.07 bits per heavy atom. The van der Waals surface area contributed by atoms with Crippen LogP contribution in [0.15, 0.2) is 34.9 Å². The van der Waals surface area contributed by atoms with Crippen molar-refractivity contribution in [1.82, 2.24) is 14.8 Å². The molecule has 0 spiro atoms. The zero-order valence-electron chi connectivity index (χ0n) is 16.8. The number of nitrogens with zero attached hydrogens (tertiary/aromatic N) is 3. The van der Waals surface area contributed by atoms with Crippen LogP contribution in [0, 0.1) is 0 Å². The van der Waals surface area contributed by atoms with Crippen LogP contribution in [0.3, 0.4) is 0 Å². The van der Waals surface area contributed by atoms with Crippen molar-refractivity contribution >= 4 is 11.8 Å². The molecule has 7 nitrogen and oxygen atoms in total. The molecule has 2 aliphatic heterocycles. The van der Waals surface area contributed by atoms with E-state index in [1.165, 1.54) is 0 Å². The van der Waals surface area contributed by atoms with Crippen molar-refractivity contribution in [2.75, 3.05) is 33.3 Å². The molecular formula is C22H27N3O4. The maximum absolute atomic E-state index is 12.6. The van der Waals surface area contributed by atoms with Crippen molar-refractivity contribution in [2.45, 2.75) is 38.0 Å². The molecule has 0 N–H and O–H groups in total. The van der Waals surface area contributed by atoms with Crippen LogP contribution in [-0.2, 0) is 16.0 Å². The molecule has 0 bridgehead atoms. The van der Waals surface area contributed by atoms with E-state index in [-0.39, 0.29) is 24.3 Å². The smallest absolute Gasteiger partial charge is 0.242 e. The highest BCUT2D eigenvalue weighted by molar-refractivity contribution is 5.86. The number of methoxy groups -OCH3 is 1. The molecule has 1 atom stereocenters. The summed E-state index contributed by atoms with van der Waals surface area (Å²) in [6.45, 7) is 2.22. The summed E-state index contributed by atoms with van der Waals surface area (Å²) in [5.41, 5.74) is 1.13. The number of likely N-dealkylation sites (tertiary alicyclic amines) is 2. The predicted octanol–water partition coefficient (Wildman–Crippen LogP) is 2.60. The summed E-state index contributed by atoms with van der Waals surface area (Å²) >= 11 is 0. The van der Waals surface area contributed by atoms with Crippen LogP contribution in [0.25, 0.3) is 0 Å². The van der Waals surface area contributed by atoms with Crippen LogP contribution in [0.5, 0.6) is 5.75 Å². The third-order valence-electron chi connectivity index (χ3n) is 5.73. The molecule has 0 saturated carbocycles. The van der Waals surface area contributed by atoms with Gasteiger partial charge >= 0.3 is 0 Å². The zero-order chi connectivity index (χ0) is 20.2. The van der Waals surface area contributed by atoms with E-state index in [4.69, 9.17) is 9.15 Å². The second-order valence-corrected chi connectivity index (χ2v) is 7.79. The topological polar surface area (TPSA) is 75.9 Å². The van der Waals surface area contributed by atoms with Crippen LogP contribution in [0.2, 0.25) is 0 Å². The van der Waals surface area contributed by atoms with Gasteiger partial charge in [-0.2, -0.15) is 0 Å². The van der Waals surface area contributed by atoms with E-state index in [1.54, 1.807) is 18.2 Å². The fraction of sp³-hybridized carbons (Fsp3) is 0.500. The van der Waals surface area contributed by atoms with Gasteiger partial charge in [0.2, 0.25) is 11.8 Å². The quantitative estimate of drug-likeness (QED) is 0.749. The van der Waals surface area contributed by atoms with Gasteiger partial charge in [-0.3, -0.25) is 9.59 Å². The number of carbonyl (C=O) groups excluding carboxylic acids is 2. The van der Waals surface area contributed by atoms with Crippen molar-refractivity contribution < 1.29 is 18.7 Å². The molecule has 154 valence electrons. The van der Waals surface area contributed by atoms with Crippen molar-refractivity contribution in [3.63, 3.8) is 0 Å². The van der Waals surface area contributed by atoms with Gasteiger partial charge < -0.3 is 19.0 Å². The molecule has 2 aromatic rings. The molecular weight excluding hydrogens is 370 g/mol. The van der Waals surface area contributed by atoms with E-state index < -0.39 is 0 Å². The highest BCUT2D eigenvalue weighted by atomic mass is 16.5. The molecule has 1 aromatic heterocycles. The third-order valence-corrected chi connectivity index (χ3v) is 5.73. The lowest BCUT2D eigenvalue weighted by Gasteiger charge is -2.32. The number of ether oxygens (including phenoxy) is 1. The van der Waals surface area contributed by atoms with E-state index in [9.17, 15) is 9.59 Å². The number of carbonyl (C=O) groups is 2. The zero-order valence-corrected chi connectivity index (χ0v) is 16.8. The molecule has 2 fully saturated rings. The van der Waals surface area contributed by atoms with Gasteiger partial charge in [0.1, 0.15) is 11.5 Å². The molecule has 0 radical (unpaired) electrons. The van der Waals surface area contributed by atoms with Crippen molar-refractivity contribution in [3.8, 4) is 5.75 Å². The van der Waals surface area contributed by atoms with E-state index in [2.05, 4.69) is 4.98 Å². The number of amides is 2. The Hall–Kier alpha value is -2.83. The first-order chi connectivity index (χ1) is 14.1. The number of piperidine rings is 1. The summed E-state index contributed by atoms with van der Waals surface area (Å²) in [4.78, 5) is 32.4. The minimum atomic E-state index is 0.0231. The Labute approximate surface area is 170 Å². The van der Waals surface area contributed by atoms with Gasteiger partial charge in [0.25, 0.3) is 0 Å². The van der Waals surface area contributed by atoms with Crippen molar-refractivity contribution in [1.29, 1.82) is 0 Å². The first-order valence-corrected chi connectivity index (χ1v) is 10.3. The largest absolute Gasteiger partial charge is 0.497 e. The number of hydrogen-bond acceptors (Lipinski definition) is 5. The van der Waals surface area contributed by atoms with Gasteiger partial charge in [0.05, 0.1) is 25.8 Å². The van der Waals surface area contributed by atoms with Crippen LogP contribution >= 0.6 is 0 Å². The minimum Gasteiger partial charge on any atom is -0.497 e. The number of aromatic nitrogens is 1. The summed E-state index contributed by atoms with van der Waals surface area (Å²) in [6, 6.07) is 7.90. The summed E-state index contributed by atoms with van der Waals surface area (Å²) < 4.78 is 11.2. The Balaban J connectivity index is 1.35. The number of hydrogen-bond donors (Lipinski definition) is 0. The SMILES string of the molecule is COc1ccc(Cc2cnc(C3CCCN(C(=O)CN4CCCC4=O)C3)o2)cc1. The molecule has 7 heteroatoms. The molecule has 2 amide bonds. The van der Waals surface area contributed by atoms with Gasteiger partial charge in [0, 0.05) is 32.5 Å². The lowest BCUT2D eigenvalue weighted by molar-refractivity contribution is -0.139. The van der Waals surface area contributed by atoms with Crippen molar-refractivity contribution in [2.24, 2.45) is 0 Å². The molecule has 4 rings (SSSR count). The third kappa shape index (κ3) is 4.60. The second kappa shape index (κ2) is 8.68. The average molecular weight is 397 g/mol. The van der Waals surface area contributed by atoms with E-state index in [1.807, 2.05) is 29.2 Å². The molecule has 3 heterocycles. The first-order valence-electron chi connectivity index (χ1n) is 10.3. The minimum absolute atomic E-state index is 0.0231. The fourth-order valence-corrected chi connectivity index (χ4v) is 4.08. The summed E-state index contributed by atoms with van der Waals surface area (Å²) in [6.07, 6.45) is 5.73. The lowest BCUT2D eigenvalue weighted by atomic mass is 9.98. The normalized spacial score (nSPS) is 19.6. The lowest BCUT2D eigenvalue weighted by Crippen LogP contribution is -2.45. The fourth-order valence-electron chi connectivity index (χ4n) is 4.08. The van der Waals surface area contributed by atoms with Gasteiger partial charge in [-0.05, 0) is 37.0 Å². The van der Waals surface area contributed by atoms with E-state index in [0.29, 0.717) is 31.8 Å². The Bertz CT molecular complexity index is 861. The summed E-state index contributed by atoms with van der Waals surface area (Å²) in [7, 11) is 1.65. The number of benzene rings is 1. The molecule has 29 heavy (non-hydrogen) atoms. The monoisotopic (exact) mass is 397 g/mol. The second-order valence-electron chi connectivity index (χ2n) is 7.79.